The second-order valence-corrected chi connectivity index (χ2v) is 8.39. The normalized spacial score (nSPS) is 28.5. The lowest BCUT2D eigenvalue weighted by Crippen LogP contribution is -2.40. The lowest BCUT2D eigenvalue weighted by Gasteiger charge is -2.36. The average molecular weight is 290 g/mol. The molecule has 0 aromatic heterocycles. The van der Waals surface area contributed by atoms with Gasteiger partial charge in [-0.15, -0.1) is 23.5 Å². The third kappa shape index (κ3) is 6.72. The summed E-state index contributed by atoms with van der Waals surface area (Å²) in [6.07, 6.45) is 12.2. The molecule has 108 valence electrons. The molecule has 1 aliphatic heterocycles. The molecule has 2 atom stereocenters. The van der Waals surface area contributed by atoms with Crippen LogP contribution in [0, 0.1) is 0 Å². The van der Waals surface area contributed by atoms with Gasteiger partial charge in [0, 0.05) is 0 Å². The Kier molecular flexibility index (Phi) is 9.70. The van der Waals surface area contributed by atoms with Gasteiger partial charge < -0.3 is 0 Å². The van der Waals surface area contributed by atoms with Crippen LogP contribution >= 0.6 is 23.5 Å². The van der Waals surface area contributed by atoms with E-state index >= 15 is 0 Å². The molecule has 2 unspecified atom stereocenters. The fourth-order valence-corrected chi connectivity index (χ4v) is 5.85. The largest absolute Gasteiger partial charge is 0.293 e. The van der Waals surface area contributed by atoms with Crippen molar-refractivity contribution in [3.05, 3.63) is 0 Å². The van der Waals surface area contributed by atoms with Crippen LogP contribution in [0.5, 0.6) is 0 Å². The number of hydrogen-bond acceptors (Lipinski definition) is 3. The predicted molar refractivity (Wildman–Crippen MR) is 88.3 cm³/mol. The number of nitrogens with one attached hydrogen (secondary N) is 1. The Morgan fingerprint density at radius 2 is 1.17 bits per heavy atom. The minimum Gasteiger partial charge on any atom is -0.293 e. The van der Waals surface area contributed by atoms with E-state index in [1.807, 2.05) is 0 Å². The van der Waals surface area contributed by atoms with Gasteiger partial charge in [-0.05, 0) is 19.3 Å². The van der Waals surface area contributed by atoms with Gasteiger partial charge in [-0.2, -0.15) is 0 Å². The summed E-state index contributed by atoms with van der Waals surface area (Å²) >= 11 is 4.40. The first-order valence-electron chi connectivity index (χ1n) is 7.87. The van der Waals surface area contributed by atoms with Crippen LogP contribution in [-0.4, -0.2) is 15.3 Å². The summed E-state index contributed by atoms with van der Waals surface area (Å²) in [5.74, 6) is 0. The first-order chi connectivity index (χ1) is 8.80. The van der Waals surface area contributed by atoms with Gasteiger partial charge in [-0.3, -0.25) is 5.32 Å². The lowest BCUT2D eigenvalue weighted by molar-refractivity contribution is 0.522. The standard InChI is InChI=1S/C15H31NS2/c1-4-7-10-13-16-14(11-8-5-2)18-15(17-13)12-9-6-3/h13-16H,4-12H2,1-3H3. The molecule has 0 aromatic rings. The number of unbranched alkanes of at least 4 members (excludes halogenated alkanes) is 3. The van der Waals surface area contributed by atoms with Crippen LogP contribution in [0.2, 0.25) is 0 Å². The summed E-state index contributed by atoms with van der Waals surface area (Å²) in [5.41, 5.74) is 0. The smallest absolute Gasteiger partial charge is 0.0551 e. The minimum atomic E-state index is 0.718. The first kappa shape index (κ1) is 16.7. The van der Waals surface area contributed by atoms with Gasteiger partial charge in [0.2, 0.25) is 0 Å². The van der Waals surface area contributed by atoms with Crippen LogP contribution < -0.4 is 5.32 Å². The molecule has 1 nitrogen and oxygen atoms in total. The molecule has 3 heteroatoms. The zero-order valence-corrected chi connectivity index (χ0v) is 14.0. The van der Waals surface area contributed by atoms with Gasteiger partial charge in [0.15, 0.2) is 0 Å². The van der Waals surface area contributed by atoms with Gasteiger partial charge in [0.05, 0.1) is 15.3 Å². The fraction of sp³-hybridized carbons (Fsp3) is 1.00. The van der Waals surface area contributed by atoms with Crippen molar-refractivity contribution in [1.29, 1.82) is 0 Å². The Labute approximate surface area is 123 Å². The molecule has 1 saturated heterocycles. The van der Waals surface area contributed by atoms with Crippen LogP contribution in [0.3, 0.4) is 0 Å². The van der Waals surface area contributed by atoms with Crippen molar-refractivity contribution in [3.63, 3.8) is 0 Å². The highest BCUT2D eigenvalue weighted by molar-refractivity contribution is 8.18. The Morgan fingerprint density at radius 1 is 0.722 bits per heavy atom. The zero-order valence-electron chi connectivity index (χ0n) is 12.4. The molecule has 0 aliphatic carbocycles. The molecule has 1 N–H and O–H groups in total. The molecule has 1 aliphatic rings. The van der Waals surface area contributed by atoms with Crippen molar-refractivity contribution in [1.82, 2.24) is 5.32 Å². The lowest BCUT2D eigenvalue weighted by atomic mass is 10.2. The van der Waals surface area contributed by atoms with E-state index in [1.54, 1.807) is 0 Å². The highest BCUT2D eigenvalue weighted by Crippen LogP contribution is 2.40. The summed E-state index contributed by atoms with van der Waals surface area (Å²) in [6.45, 7) is 6.90. The third-order valence-electron chi connectivity index (χ3n) is 3.44. The highest BCUT2D eigenvalue weighted by atomic mass is 32.2. The van der Waals surface area contributed by atoms with Crippen LogP contribution in [0.15, 0.2) is 0 Å². The topological polar surface area (TPSA) is 12.0 Å². The molecule has 18 heavy (non-hydrogen) atoms. The predicted octanol–water partition coefficient (Wildman–Crippen LogP) is 5.60. The van der Waals surface area contributed by atoms with Gasteiger partial charge >= 0.3 is 0 Å². The van der Waals surface area contributed by atoms with E-state index < -0.39 is 0 Å². The van der Waals surface area contributed by atoms with E-state index in [9.17, 15) is 0 Å². The molecule has 0 saturated carbocycles. The Balaban J connectivity index is 2.38. The molecule has 0 aromatic carbocycles. The molecule has 1 heterocycles. The van der Waals surface area contributed by atoms with Crippen LogP contribution in [-0.2, 0) is 0 Å². The molecular formula is C15H31NS2. The van der Waals surface area contributed by atoms with Gasteiger partial charge in [-0.25, -0.2) is 0 Å². The summed E-state index contributed by atoms with van der Waals surface area (Å²) in [6, 6.07) is 0. The summed E-state index contributed by atoms with van der Waals surface area (Å²) in [7, 11) is 0. The Bertz CT molecular complexity index is 160. The molecular weight excluding hydrogens is 258 g/mol. The zero-order chi connectivity index (χ0) is 13.2. The second-order valence-electron chi connectivity index (χ2n) is 5.27. The summed E-state index contributed by atoms with van der Waals surface area (Å²) in [5, 5.41) is 5.29. The first-order valence-corrected chi connectivity index (χ1v) is 9.75. The van der Waals surface area contributed by atoms with Crippen molar-refractivity contribution in [3.8, 4) is 0 Å². The third-order valence-corrected chi connectivity index (χ3v) is 6.58. The van der Waals surface area contributed by atoms with Crippen LogP contribution in [0.25, 0.3) is 0 Å². The van der Waals surface area contributed by atoms with Gasteiger partial charge in [0.1, 0.15) is 0 Å². The molecule has 1 fully saturated rings. The van der Waals surface area contributed by atoms with Crippen molar-refractivity contribution >= 4 is 23.5 Å². The maximum Gasteiger partial charge on any atom is 0.0551 e. The van der Waals surface area contributed by atoms with Gasteiger partial charge in [0.25, 0.3) is 0 Å². The van der Waals surface area contributed by atoms with Crippen LogP contribution in [0.4, 0.5) is 0 Å². The van der Waals surface area contributed by atoms with E-state index in [0.717, 1.165) is 15.3 Å². The van der Waals surface area contributed by atoms with E-state index in [2.05, 4.69) is 49.6 Å². The van der Waals surface area contributed by atoms with Crippen LogP contribution in [0.1, 0.15) is 78.6 Å². The minimum absolute atomic E-state index is 0.718. The number of rotatable bonds is 9. The Morgan fingerprint density at radius 3 is 1.61 bits per heavy atom. The number of thioether (sulfide) groups is 2. The highest BCUT2D eigenvalue weighted by Gasteiger charge is 2.27. The summed E-state index contributed by atoms with van der Waals surface area (Å²) in [4.78, 5) is 0. The quantitative estimate of drug-likeness (QED) is 0.593. The van der Waals surface area contributed by atoms with E-state index in [-0.39, 0.29) is 0 Å². The monoisotopic (exact) mass is 289 g/mol. The molecule has 0 amide bonds. The second kappa shape index (κ2) is 10.4. The van der Waals surface area contributed by atoms with Crippen molar-refractivity contribution in [2.45, 2.75) is 93.9 Å². The van der Waals surface area contributed by atoms with Crippen molar-refractivity contribution < 1.29 is 0 Å². The maximum atomic E-state index is 3.86. The number of hydrogen-bond donors (Lipinski definition) is 1. The van der Waals surface area contributed by atoms with Crippen molar-refractivity contribution in [2.75, 3.05) is 0 Å². The van der Waals surface area contributed by atoms with E-state index in [4.69, 9.17) is 0 Å². The van der Waals surface area contributed by atoms with E-state index in [1.165, 1.54) is 57.8 Å². The molecule has 0 bridgehead atoms. The molecule has 1 rings (SSSR count). The van der Waals surface area contributed by atoms with Crippen molar-refractivity contribution in [2.24, 2.45) is 0 Å². The van der Waals surface area contributed by atoms with Gasteiger partial charge in [-0.1, -0.05) is 59.3 Å². The average Bonchev–Trinajstić information content (AvgIpc) is 2.40. The summed E-state index contributed by atoms with van der Waals surface area (Å²) < 4.78 is 0.843. The van der Waals surface area contributed by atoms with E-state index in [0.29, 0.717) is 0 Å². The Hall–Kier alpha value is 0.660. The SMILES string of the molecule is CCCCC1NC(CCCC)SC(CCCC)S1. The molecule has 0 radical (unpaired) electrons. The molecule has 0 spiro atoms. The fourth-order valence-electron chi connectivity index (χ4n) is 2.27. The maximum absolute atomic E-state index is 3.86.